The first kappa shape index (κ1) is 10.8. The minimum absolute atomic E-state index is 0.0209. The molecule has 0 amide bonds. The summed E-state index contributed by atoms with van der Waals surface area (Å²) in [7, 11) is 0. The number of pyridine rings is 1. The quantitative estimate of drug-likeness (QED) is 0.885. The number of aromatic amines is 1. The second-order valence-corrected chi connectivity index (χ2v) is 4.05. The predicted octanol–water partition coefficient (Wildman–Crippen LogP) is 2.24. The van der Waals surface area contributed by atoms with Gasteiger partial charge in [-0.2, -0.15) is 0 Å². The Morgan fingerprint density at radius 2 is 2.31 bits per heavy atom. The van der Waals surface area contributed by atoms with Crippen LogP contribution in [0.2, 0.25) is 0 Å². The summed E-state index contributed by atoms with van der Waals surface area (Å²) in [5, 5.41) is 8.88. The Morgan fingerprint density at radius 1 is 1.56 bits per heavy atom. The van der Waals surface area contributed by atoms with Gasteiger partial charge in [-0.1, -0.05) is 0 Å². The van der Waals surface area contributed by atoms with E-state index in [1.807, 2.05) is 6.07 Å². The van der Waals surface area contributed by atoms with Crippen molar-refractivity contribution < 1.29 is 9.90 Å². The van der Waals surface area contributed by atoms with Gasteiger partial charge in [-0.25, -0.2) is 9.78 Å². The molecule has 0 aliphatic rings. The summed E-state index contributed by atoms with van der Waals surface area (Å²) in [6.07, 6.45) is 1.62. The van der Waals surface area contributed by atoms with E-state index in [4.69, 9.17) is 5.11 Å². The van der Waals surface area contributed by atoms with Gasteiger partial charge in [0.25, 0.3) is 0 Å². The molecule has 2 N–H and O–H groups in total. The Hall–Kier alpha value is -1.69. The van der Waals surface area contributed by atoms with Crippen molar-refractivity contribution in [1.82, 2.24) is 15.0 Å². The van der Waals surface area contributed by atoms with E-state index in [0.29, 0.717) is 17.2 Å². The number of aromatic nitrogens is 3. The fourth-order valence-electron chi connectivity index (χ4n) is 1.34. The lowest BCUT2D eigenvalue weighted by molar-refractivity contribution is 0.0690. The summed E-state index contributed by atoms with van der Waals surface area (Å²) in [6, 6.07) is 3.60. The third-order valence-corrected chi connectivity index (χ3v) is 2.71. The van der Waals surface area contributed by atoms with E-state index in [2.05, 4.69) is 30.9 Å². The Morgan fingerprint density at radius 3 is 2.88 bits per heavy atom. The van der Waals surface area contributed by atoms with Crippen molar-refractivity contribution in [3.8, 4) is 11.5 Å². The lowest BCUT2D eigenvalue weighted by Gasteiger charge is -1.97. The maximum atomic E-state index is 10.8. The zero-order chi connectivity index (χ0) is 11.7. The van der Waals surface area contributed by atoms with E-state index < -0.39 is 5.97 Å². The first-order valence-corrected chi connectivity index (χ1v) is 5.29. The molecule has 2 rings (SSSR count). The van der Waals surface area contributed by atoms with Gasteiger partial charge < -0.3 is 10.1 Å². The summed E-state index contributed by atoms with van der Waals surface area (Å²) in [5.41, 5.74) is 1.13. The summed E-state index contributed by atoms with van der Waals surface area (Å²) >= 11 is 3.33. The van der Waals surface area contributed by atoms with E-state index in [0.717, 1.165) is 4.47 Å². The number of hydrogen-bond acceptors (Lipinski definition) is 3. The number of carbonyl (C=O) groups is 1. The number of nitrogens with one attached hydrogen (secondary N) is 1. The Balaban J connectivity index is 2.54. The fourth-order valence-corrected chi connectivity index (χ4v) is 1.78. The number of hydrogen-bond donors (Lipinski definition) is 2. The van der Waals surface area contributed by atoms with Gasteiger partial charge in [0, 0.05) is 16.4 Å². The highest BCUT2D eigenvalue weighted by Crippen LogP contribution is 2.23. The van der Waals surface area contributed by atoms with Gasteiger partial charge in [-0.05, 0) is 35.0 Å². The highest BCUT2D eigenvalue weighted by Gasteiger charge is 2.16. The van der Waals surface area contributed by atoms with E-state index in [1.165, 1.54) is 0 Å². The Labute approximate surface area is 99.7 Å². The summed E-state index contributed by atoms with van der Waals surface area (Å²) in [5.74, 6) is -0.602. The Kier molecular flexibility index (Phi) is 2.74. The second kappa shape index (κ2) is 4.05. The number of H-pyrrole nitrogens is 1. The van der Waals surface area contributed by atoms with Crippen LogP contribution in [-0.2, 0) is 0 Å². The van der Waals surface area contributed by atoms with Gasteiger partial charge in [0.05, 0.1) is 0 Å². The average Bonchev–Trinajstić information content (AvgIpc) is 2.61. The molecule has 0 fully saturated rings. The Bertz CT molecular complexity index is 551. The predicted molar refractivity (Wildman–Crippen MR) is 61.2 cm³/mol. The maximum absolute atomic E-state index is 10.8. The summed E-state index contributed by atoms with van der Waals surface area (Å²) < 4.78 is 0.765. The molecule has 0 atom stereocenters. The highest BCUT2D eigenvalue weighted by atomic mass is 79.9. The van der Waals surface area contributed by atoms with Gasteiger partial charge >= 0.3 is 5.97 Å². The van der Waals surface area contributed by atoms with Crippen LogP contribution in [-0.4, -0.2) is 26.0 Å². The third kappa shape index (κ3) is 1.83. The van der Waals surface area contributed by atoms with E-state index in [-0.39, 0.29) is 5.69 Å². The molecule has 6 heteroatoms. The number of aryl methyl sites for hydroxylation is 1. The van der Waals surface area contributed by atoms with Gasteiger partial charge in [0.2, 0.25) is 0 Å². The molecule has 0 aromatic carbocycles. The van der Waals surface area contributed by atoms with E-state index in [9.17, 15) is 4.79 Å². The minimum atomic E-state index is -1.05. The molecule has 2 heterocycles. The van der Waals surface area contributed by atoms with Crippen molar-refractivity contribution >= 4 is 21.9 Å². The number of halogens is 1. The molecule has 0 bridgehead atoms. The molecular weight excluding hydrogens is 274 g/mol. The van der Waals surface area contributed by atoms with Crippen molar-refractivity contribution in [1.29, 1.82) is 0 Å². The van der Waals surface area contributed by atoms with Crippen LogP contribution in [0.4, 0.5) is 0 Å². The van der Waals surface area contributed by atoms with Crippen molar-refractivity contribution in [2.45, 2.75) is 6.92 Å². The molecule has 0 radical (unpaired) electrons. The molecule has 0 saturated heterocycles. The van der Waals surface area contributed by atoms with Crippen LogP contribution in [0.15, 0.2) is 22.8 Å². The lowest BCUT2D eigenvalue weighted by atomic mass is 10.3. The van der Waals surface area contributed by atoms with E-state index in [1.54, 1.807) is 19.2 Å². The maximum Gasteiger partial charge on any atom is 0.356 e. The van der Waals surface area contributed by atoms with Crippen LogP contribution in [0.25, 0.3) is 11.5 Å². The molecule has 16 heavy (non-hydrogen) atoms. The van der Waals surface area contributed by atoms with Crippen molar-refractivity contribution in [3.05, 3.63) is 34.2 Å². The number of rotatable bonds is 2. The highest BCUT2D eigenvalue weighted by molar-refractivity contribution is 9.10. The largest absolute Gasteiger partial charge is 0.476 e. The normalized spacial score (nSPS) is 10.4. The molecule has 0 spiro atoms. The standard InChI is InChI=1S/C10H8BrN3O2/c1-5-7(10(15)16)14-9(13-5)8-6(11)3-2-4-12-8/h2-4H,1H3,(H,13,14)(H,15,16). The number of carboxylic acid groups (broad SMARTS) is 1. The van der Waals surface area contributed by atoms with Crippen LogP contribution in [0.5, 0.6) is 0 Å². The topological polar surface area (TPSA) is 78.9 Å². The number of aromatic carboxylic acids is 1. The monoisotopic (exact) mass is 281 g/mol. The SMILES string of the molecule is Cc1[nH]c(-c2ncccc2Br)nc1C(=O)O. The molecule has 0 saturated carbocycles. The van der Waals surface area contributed by atoms with Gasteiger partial charge in [0.1, 0.15) is 5.69 Å². The van der Waals surface area contributed by atoms with Crippen LogP contribution in [0.3, 0.4) is 0 Å². The number of carboxylic acids is 1. The zero-order valence-corrected chi connectivity index (χ0v) is 9.95. The second-order valence-electron chi connectivity index (χ2n) is 3.20. The molecule has 0 unspecified atom stereocenters. The van der Waals surface area contributed by atoms with Crippen molar-refractivity contribution in [2.24, 2.45) is 0 Å². The van der Waals surface area contributed by atoms with Crippen LogP contribution >= 0.6 is 15.9 Å². The molecule has 2 aromatic heterocycles. The number of imidazole rings is 1. The minimum Gasteiger partial charge on any atom is -0.476 e. The molecule has 5 nitrogen and oxygen atoms in total. The number of nitrogens with zero attached hydrogens (tertiary/aromatic N) is 2. The lowest BCUT2D eigenvalue weighted by Crippen LogP contribution is -1.98. The summed E-state index contributed by atoms with van der Waals surface area (Å²) in [6.45, 7) is 1.66. The van der Waals surface area contributed by atoms with Crippen LogP contribution < -0.4 is 0 Å². The average molecular weight is 282 g/mol. The molecule has 82 valence electrons. The first-order chi connectivity index (χ1) is 7.59. The van der Waals surface area contributed by atoms with Crippen LogP contribution in [0.1, 0.15) is 16.2 Å². The summed E-state index contributed by atoms with van der Waals surface area (Å²) in [4.78, 5) is 21.9. The molecule has 0 aliphatic heterocycles. The van der Waals surface area contributed by atoms with E-state index >= 15 is 0 Å². The van der Waals surface area contributed by atoms with Crippen molar-refractivity contribution in [3.63, 3.8) is 0 Å². The van der Waals surface area contributed by atoms with Gasteiger partial charge in [0.15, 0.2) is 11.5 Å². The molecule has 2 aromatic rings. The van der Waals surface area contributed by atoms with Gasteiger partial charge in [-0.15, -0.1) is 0 Å². The van der Waals surface area contributed by atoms with Crippen molar-refractivity contribution in [2.75, 3.05) is 0 Å². The first-order valence-electron chi connectivity index (χ1n) is 4.50. The third-order valence-electron chi connectivity index (χ3n) is 2.07. The fraction of sp³-hybridized carbons (Fsp3) is 0.100. The zero-order valence-electron chi connectivity index (χ0n) is 8.36. The smallest absolute Gasteiger partial charge is 0.356 e. The van der Waals surface area contributed by atoms with Crippen LogP contribution in [0, 0.1) is 6.92 Å². The van der Waals surface area contributed by atoms with Gasteiger partial charge in [-0.3, -0.25) is 4.98 Å². The molecule has 0 aliphatic carbocycles. The molecular formula is C10H8BrN3O2.